The second-order valence-corrected chi connectivity index (χ2v) is 4.23. The molecule has 0 fully saturated rings. The lowest BCUT2D eigenvalue weighted by atomic mass is 9.96. The largest absolute Gasteiger partial charge is 0.400 e. The first-order valence-corrected chi connectivity index (χ1v) is 7.95. The van der Waals surface area contributed by atoms with Crippen molar-refractivity contribution in [3.8, 4) is 12.8 Å². The van der Waals surface area contributed by atoms with Gasteiger partial charge in [-0.1, -0.05) is 39.8 Å². The fourth-order valence-corrected chi connectivity index (χ4v) is 2.07. The van der Waals surface area contributed by atoms with Crippen LogP contribution in [-0.4, -0.2) is 36.2 Å². The minimum atomic E-state index is 0.586. The first kappa shape index (κ1) is 28.2. The number of aliphatic hydroxyl groups excluding tert-OH is 1. The summed E-state index contributed by atoms with van der Waals surface area (Å²) in [4.78, 5) is 2.54. The average molecular weight is 298 g/mol. The molecule has 0 aromatic rings. The molecule has 0 spiro atoms. The Morgan fingerprint density at radius 2 is 1.62 bits per heavy atom. The molecule has 0 saturated carbocycles. The fourth-order valence-electron chi connectivity index (χ4n) is 2.07. The lowest BCUT2D eigenvalue weighted by Gasteiger charge is -2.29. The number of nitrogens with zero attached hydrogens (tertiary/aromatic N) is 1. The highest BCUT2D eigenvalue weighted by Crippen LogP contribution is 2.16. The molecule has 0 heterocycles. The summed E-state index contributed by atoms with van der Waals surface area (Å²) in [6.45, 7) is 20.8. The van der Waals surface area contributed by atoms with Crippen LogP contribution in [0.1, 0.15) is 53.9 Å². The molecule has 0 rings (SSSR count). The van der Waals surface area contributed by atoms with Gasteiger partial charge in [-0.25, -0.2) is 0 Å². The molecular formula is C19H39NO. The van der Waals surface area contributed by atoms with E-state index in [0.717, 1.165) is 20.1 Å². The Bertz CT molecular complexity index is 211. The van der Waals surface area contributed by atoms with E-state index in [1.807, 2.05) is 19.9 Å². The lowest BCUT2D eigenvalue weighted by Crippen LogP contribution is -2.34. The van der Waals surface area contributed by atoms with Gasteiger partial charge in [0.05, 0.1) is 0 Å². The molecule has 0 aromatic carbocycles. The number of allylic oxidation sites excluding steroid dienone is 2. The van der Waals surface area contributed by atoms with Crippen LogP contribution in [0.25, 0.3) is 0 Å². The van der Waals surface area contributed by atoms with Crippen LogP contribution in [0.3, 0.4) is 0 Å². The van der Waals surface area contributed by atoms with Crippen molar-refractivity contribution in [2.75, 3.05) is 20.2 Å². The maximum absolute atomic E-state index is 7.00. The second-order valence-electron chi connectivity index (χ2n) is 4.23. The van der Waals surface area contributed by atoms with E-state index in [-0.39, 0.29) is 0 Å². The Balaban J connectivity index is -0.000000212. The van der Waals surface area contributed by atoms with Crippen molar-refractivity contribution in [2.24, 2.45) is 5.92 Å². The maximum Gasteiger partial charge on any atom is 0.0319 e. The number of aliphatic hydroxyl groups is 1. The Morgan fingerprint density at radius 1 is 1.14 bits per heavy atom. The molecule has 2 nitrogen and oxygen atoms in total. The molecule has 0 bridgehead atoms. The zero-order valence-electron chi connectivity index (χ0n) is 15.3. The molecule has 2 heteroatoms. The highest BCUT2D eigenvalue weighted by atomic mass is 16.2. The fraction of sp³-hybridized carbons (Fsp3) is 0.684. The highest BCUT2D eigenvalue weighted by molar-refractivity contribution is 4.87. The number of hydrogen-bond donors (Lipinski definition) is 1. The predicted molar refractivity (Wildman–Crippen MR) is 99.5 cm³/mol. The Labute approximate surface area is 134 Å². The zero-order valence-corrected chi connectivity index (χ0v) is 15.3. The number of rotatable bonds is 9. The SMILES string of the molecule is C#C.C=CCC(C=C)C[C@H](C)N(CC)CCC.CC.CO. The maximum atomic E-state index is 7.00. The summed E-state index contributed by atoms with van der Waals surface area (Å²) < 4.78 is 0. The molecule has 0 aliphatic carbocycles. The van der Waals surface area contributed by atoms with Crippen LogP contribution in [-0.2, 0) is 0 Å². The van der Waals surface area contributed by atoms with Gasteiger partial charge in [-0.15, -0.1) is 26.0 Å². The summed E-state index contributed by atoms with van der Waals surface area (Å²) in [7, 11) is 1.00. The van der Waals surface area contributed by atoms with Crippen LogP contribution in [0.15, 0.2) is 25.3 Å². The van der Waals surface area contributed by atoms with E-state index in [1.165, 1.54) is 19.4 Å². The minimum Gasteiger partial charge on any atom is -0.400 e. The summed E-state index contributed by atoms with van der Waals surface area (Å²) in [6, 6.07) is 0.651. The molecule has 0 aliphatic rings. The van der Waals surface area contributed by atoms with E-state index in [9.17, 15) is 0 Å². The van der Waals surface area contributed by atoms with Gasteiger partial charge in [0.1, 0.15) is 0 Å². The van der Waals surface area contributed by atoms with Crippen molar-refractivity contribution in [1.29, 1.82) is 0 Å². The first-order valence-electron chi connectivity index (χ1n) is 7.95. The van der Waals surface area contributed by atoms with Crippen LogP contribution >= 0.6 is 0 Å². The molecule has 21 heavy (non-hydrogen) atoms. The highest BCUT2D eigenvalue weighted by Gasteiger charge is 2.14. The average Bonchev–Trinajstić information content (AvgIpc) is 2.57. The van der Waals surface area contributed by atoms with Crippen LogP contribution in [0.4, 0.5) is 0 Å². The van der Waals surface area contributed by atoms with Gasteiger partial charge in [-0.2, -0.15) is 0 Å². The number of terminal acetylenes is 1. The van der Waals surface area contributed by atoms with Gasteiger partial charge in [0.2, 0.25) is 0 Å². The second kappa shape index (κ2) is 27.3. The molecule has 0 radical (unpaired) electrons. The quantitative estimate of drug-likeness (QED) is 0.490. The summed E-state index contributed by atoms with van der Waals surface area (Å²) >= 11 is 0. The summed E-state index contributed by atoms with van der Waals surface area (Å²) in [6.07, 6.45) is 15.5. The minimum absolute atomic E-state index is 0.586. The molecule has 0 aliphatic heterocycles. The van der Waals surface area contributed by atoms with Gasteiger partial charge in [0.25, 0.3) is 0 Å². The molecule has 1 unspecified atom stereocenters. The van der Waals surface area contributed by atoms with Crippen LogP contribution < -0.4 is 0 Å². The smallest absolute Gasteiger partial charge is 0.0319 e. The molecule has 0 aromatic heterocycles. The van der Waals surface area contributed by atoms with Crippen molar-refractivity contribution in [3.05, 3.63) is 25.3 Å². The van der Waals surface area contributed by atoms with E-state index in [2.05, 4.69) is 57.8 Å². The standard InChI is InChI=1S/C14H27N.C2H6.C2H2.CH4O/c1-6-10-14(8-3)12-13(5)15(9-4)11-7-2;3*1-2/h6,8,13-14H,1,3,7,9-12H2,2,4-5H3;1-2H3;1-2H;2H,1H3/t13-,14?;;;/m0.../s1. The van der Waals surface area contributed by atoms with Gasteiger partial charge >= 0.3 is 0 Å². The first-order chi connectivity index (χ1) is 10.2. The van der Waals surface area contributed by atoms with Gasteiger partial charge in [0.15, 0.2) is 0 Å². The third-order valence-corrected chi connectivity index (χ3v) is 2.99. The lowest BCUT2D eigenvalue weighted by molar-refractivity contribution is 0.198. The van der Waals surface area contributed by atoms with Crippen molar-refractivity contribution in [2.45, 2.75) is 59.9 Å². The molecule has 2 atom stereocenters. The Morgan fingerprint density at radius 3 is 1.90 bits per heavy atom. The van der Waals surface area contributed by atoms with E-state index in [4.69, 9.17) is 5.11 Å². The Kier molecular flexibility index (Phi) is 36.7. The molecule has 126 valence electrons. The van der Waals surface area contributed by atoms with Crippen LogP contribution in [0, 0.1) is 18.8 Å². The Hall–Kier alpha value is -1.04. The third kappa shape index (κ3) is 19.0. The van der Waals surface area contributed by atoms with Gasteiger partial charge in [-0.05, 0) is 45.2 Å². The van der Waals surface area contributed by atoms with Crippen LogP contribution in [0.2, 0.25) is 0 Å². The van der Waals surface area contributed by atoms with Crippen molar-refractivity contribution in [3.63, 3.8) is 0 Å². The zero-order chi connectivity index (χ0) is 17.7. The van der Waals surface area contributed by atoms with E-state index >= 15 is 0 Å². The molecular weight excluding hydrogens is 258 g/mol. The third-order valence-electron chi connectivity index (χ3n) is 2.99. The van der Waals surface area contributed by atoms with Crippen molar-refractivity contribution >= 4 is 0 Å². The molecule has 1 N–H and O–H groups in total. The van der Waals surface area contributed by atoms with Crippen molar-refractivity contribution in [1.82, 2.24) is 4.90 Å². The van der Waals surface area contributed by atoms with E-state index in [1.54, 1.807) is 0 Å². The summed E-state index contributed by atoms with van der Waals surface area (Å²) in [5.74, 6) is 0.586. The van der Waals surface area contributed by atoms with E-state index < -0.39 is 0 Å². The normalized spacial score (nSPS) is 11.3. The summed E-state index contributed by atoms with van der Waals surface area (Å²) in [5, 5.41) is 7.00. The predicted octanol–water partition coefficient (Wildman–Crippen LogP) is 4.76. The van der Waals surface area contributed by atoms with Gasteiger partial charge < -0.3 is 10.0 Å². The van der Waals surface area contributed by atoms with Crippen LogP contribution in [0.5, 0.6) is 0 Å². The van der Waals surface area contributed by atoms with Crippen molar-refractivity contribution < 1.29 is 5.11 Å². The van der Waals surface area contributed by atoms with Gasteiger partial charge in [0, 0.05) is 13.2 Å². The summed E-state index contributed by atoms with van der Waals surface area (Å²) in [5.41, 5.74) is 0. The topological polar surface area (TPSA) is 23.5 Å². The van der Waals surface area contributed by atoms with E-state index in [0.29, 0.717) is 12.0 Å². The number of hydrogen-bond acceptors (Lipinski definition) is 2. The van der Waals surface area contributed by atoms with Gasteiger partial charge in [-0.3, -0.25) is 0 Å². The monoisotopic (exact) mass is 297 g/mol. The molecule has 0 amide bonds. The molecule has 0 saturated heterocycles.